The standard InChI is InChI=1S/C14H9BrCl2N4/c15-9-3-4-10(13(17)12(9)16)21-14-8-2-1-7(18)5-11(8)19-6-20-14/h1-6H,18H2,(H,19,20,21). The first-order chi connectivity index (χ1) is 10.1. The zero-order chi connectivity index (χ0) is 15.0. The summed E-state index contributed by atoms with van der Waals surface area (Å²) in [5.74, 6) is 0.639. The number of hydrogen-bond donors (Lipinski definition) is 2. The van der Waals surface area contributed by atoms with Gasteiger partial charge in [-0.05, 0) is 46.3 Å². The zero-order valence-corrected chi connectivity index (χ0v) is 13.7. The first kappa shape index (κ1) is 14.4. The van der Waals surface area contributed by atoms with Gasteiger partial charge in [-0.15, -0.1) is 0 Å². The highest BCUT2D eigenvalue weighted by atomic mass is 79.9. The molecule has 3 rings (SSSR count). The van der Waals surface area contributed by atoms with E-state index in [1.807, 2.05) is 18.2 Å². The summed E-state index contributed by atoms with van der Waals surface area (Å²) < 4.78 is 0.736. The quantitative estimate of drug-likeness (QED) is 0.481. The molecule has 0 saturated heterocycles. The van der Waals surface area contributed by atoms with Gasteiger partial charge in [0.1, 0.15) is 12.1 Å². The molecule has 1 aromatic heterocycles. The van der Waals surface area contributed by atoms with E-state index in [0.29, 0.717) is 27.2 Å². The molecule has 0 atom stereocenters. The van der Waals surface area contributed by atoms with Crippen molar-refractivity contribution in [3.05, 3.63) is 51.2 Å². The number of hydrogen-bond acceptors (Lipinski definition) is 4. The molecule has 3 N–H and O–H groups in total. The fourth-order valence-electron chi connectivity index (χ4n) is 1.92. The predicted octanol–water partition coefficient (Wildman–Crippen LogP) is 5.02. The van der Waals surface area contributed by atoms with Crippen molar-refractivity contribution in [3.63, 3.8) is 0 Å². The van der Waals surface area contributed by atoms with Crippen LogP contribution in [0.25, 0.3) is 10.9 Å². The highest BCUT2D eigenvalue weighted by molar-refractivity contribution is 9.10. The minimum atomic E-state index is 0.424. The van der Waals surface area contributed by atoms with Crippen LogP contribution in [0.3, 0.4) is 0 Å². The molecule has 0 spiro atoms. The van der Waals surface area contributed by atoms with Gasteiger partial charge in [0, 0.05) is 15.5 Å². The normalized spacial score (nSPS) is 10.8. The number of fused-ring (bicyclic) bond motifs is 1. The molecule has 106 valence electrons. The molecular formula is C14H9BrCl2N4. The summed E-state index contributed by atoms with van der Waals surface area (Å²) in [6.45, 7) is 0. The van der Waals surface area contributed by atoms with Crippen molar-refractivity contribution >= 4 is 67.2 Å². The second-order valence-corrected chi connectivity index (χ2v) is 5.96. The summed E-state index contributed by atoms with van der Waals surface area (Å²) in [5, 5.41) is 4.90. The summed E-state index contributed by atoms with van der Waals surface area (Å²) in [4.78, 5) is 8.45. The van der Waals surface area contributed by atoms with E-state index in [-0.39, 0.29) is 0 Å². The molecule has 0 aliphatic rings. The average molecular weight is 384 g/mol. The van der Waals surface area contributed by atoms with E-state index < -0.39 is 0 Å². The molecule has 0 unspecified atom stereocenters. The van der Waals surface area contributed by atoms with Gasteiger partial charge in [0.05, 0.1) is 21.2 Å². The van der Waals surface area contributed by atoms with Crippen LogP contribution in [0.5, 0.6) is 0 Å². The smallest absolute Gasteiger partial charge is 0.141 e. The van der Waals surface area contributed by atoms with Gasteiger partial charge in [-0.3, -0.25) is 0 Å². The minimum absolute atomic E-state index is 0.424. The number of benzene rings is 2. The minimum Gasteiger partial charge on any atom is -0.399 e. The van der Waals surface area contributed by atoms with Crippen molar-refractivity contribution in [2.45, 2.75) is 0 Å². The van der Waals surface area contributed by atoms with Gasteiger partial charge in [-0.1, -0.05) is 23.2 Å². The van der Waals surface area contributed by atoms with Gasteiger partial charge in [0.15, 0.2) is 0 Å². The maximum atomic E-state index is 6.24. The Morgan fingerprint density at radius 3 is 2.67 bits per heavy atom. The number of anilines is 3. The molecule has 7 heteroatoms. The van der Waals surface area contributed by atoms with Crippen molar-refractivity contribution in [2.24, 2.45) is 0 Å². The summed E-state index contributed by atoms with van der Waals surface area (Å²) in [5.41, 5.74) is 7.84. The van der Waals surface area contributed by atoms with Crippen LogP contribution >= 0.6 is 39.1 Å². The first-order valence-electron chi connectivity index (χ1n) is 5.97. The van der Waals surface area contributed by atoms with Gasteiger partial charge in [0.25, 0.3) is 0 Å². The zero-order valence-electron chi connectivity index (χ0n) is 10.6. The van der Waals surface area contributed by atoms with Crippen LogP contribution in [0.15, 0.2) is 41.1 Å². The maximum absolute atomic E-state index is 6.24. The summed E-state index contributed by atoms with van der Waals surface area (Å²) in [6, 6.07) is 9.09. The van der Waals surface area contributed by atoms with Crippen LogP contribution in [-0.2, 0) is 0 Å². The molecular weight excluding hydrogens is 375 g/mol. The molecule has 0 amide bonds. The fraction of sp³-hybridized carbons (Fsp3) is 0. The highest BCUT2D eigenvalue weighted by Gasteiger charge is 2.11. The number of halogens is 3. The van der Waals surface area contributed by atoms with Crippen LogP contribution in [0, 0.1) is 0 Å². The van der Waals surface area contributed by atoms with Gasteiger partial charge in [-0.2, -0.15) is 0 Å². The van der Waals surface area contributed by atoms with Crippen LogP contribution in [0.1, 0.15) is 0 Å². The SMILES string of the molecule is Nc1ccc2c(Nc3ccc(Br)c(Cl)c3Cl)ncnc2c1. The largest absolute Gasteiger partial charge is 0.399 e. The predicted molar refractivity (Wildman–Crippen MR) is 91.4 cm³/mol. The van der Waals surface area contributed by atoms with Crippen molar-refractivity contribution in [2.75, 3.05) is 11.1 Å². The Morgan fingerprint density at radius 1 is 1.05 bits per heavy atom. The molecule has 4 nitrogen and oxygen atoms in total. The average Bonchev–Trinajstić information content (AvgIpc) is 2.48. The number of nitrogens with zero attached hydrogens (tertiary/aromatic N) is 2. The third kappa shape index (κ3) is 2.77. The van der Waals surface area contributed by atoms with Crippen molar-refractivity contribution < 1.29 is 0 Å². The second-order valence-electron chi connectivity index (χ2n) is 4.35. The van der Waals surface area contributed by atoms with Gasteiger partial charge in [-0.25, -0.2) is 9.97 Å². The van der Waals surface area contributed by atoms with E-state index in [4.69, 9.17) is 28.9 Å². The number of aromatic nitrogens is 2. The van der Waals surface area contributed by atoms with E-state index >= 15 is 0 Å². The highest BCUT2D eigenvalue weighted by Crippen LogP contribution is 2.37. The van der Waals surface area contributed by atoms with Crippen LogP contribution in [-0.4, -0.2) is 9.97 Å². The summed E-state index contributed by atoms with van der Waals surface area (Å²) in [7, 11) is 0. The third-order valence-corrected chi connectivity index (χ3v) is 4.72. The molecule has 0 radical (unpaired) electrons. The van der Waals surface area contributed by atoms with Gasteiger partial charge in [0.2, 0.25) is 0 Å². The van der Waals surface area contributed by atoms with E-state index in [1.54, 1.807) is 12.1 Å². The van der Waals surface area contributed by atoms with Crippen LogP contribution < -0.4 is 11.1 Å². The maximum Gasteiger partial charge on any atom is 0.141 e. The molecule has 1 heterocycles. The lowest BCUT2D eigenvalue weighted by Gasteiger charge is -2.11. The lowest BCUT2D eigenvalue weighted by atomic mass is 10.2. The van der Waals surface area contributed by atoms with E-state index in [2.05, 4.69) is 31.2 Å². The van der Waals surface area contributed by atoms with Crippen molar-refractivity contribution in [1.82, 2.24) is 9.97 Å². The Morgan fingerprint density at radius 2 is 1.86 bits per heavy atom. The Hall–Kier alpha value is -1.56. The monoisotopic (exact) mass is 382 g/mol. The lowest BCUT2D eigenvalue weighted by Crippen LogP contribution is -1.97. The molecule has 3 aromatic rings. The molecule has 0 fully saturated rings. The topological polar surface area (TPSA) is 63.8 Å². The van der Waals surface area contributed by atoms with Gasteiger partial charge < -0.3 is 11.1 Å². The molecule has 0 bridgehead atoms. The van der Waals surface area contributed by atoms with Crippen molar-refractivity contribution in [3.8, 4) is 0 Å². The Bertz CT molecular complexity index is 839. The molecule has 0 aliphatic heterocycles. The molecule has 0 saturated carbocycles. The number of rotatable bonds is 2. The van der Waals surface area contributed by atoms with E-state index in [9.17, 15) is 0 Å². The number of nitrogens with one attached hydrogen (secondary N) is 1. The van der Waals surface area contributed by atoms with Crippen LogP contribution in [0.4, 0.5) is 17.2 Å². The number of nitrogen functional groups attached to an aromatic ring is 1. The second kappa shape index (κ2) is 5.67. The molecule has 0 aliphatic carbocycles. The Labute approximate surface area is 139 Å². The van der Waals surface area contributed by atoms with E-state index in [1.165, 1.54) is 6.33 Å². The van der Waals surface area contributed by atoms with Gasteiger partial charge >= 0.3 is 0 Å². The lowest BCUT2D eigenvalue weighted by molar-refractivity contribution is 1.22. The fourth-order valence-corrected chi connectivity index (χ4v) is 2.75. The molecule has 2 aromatic carbocycles. The van der Waals surface area contributed by atoms with Crippen LogP contribution in [0.2, 0.25) is 10.0 Å². The Balaban J connectivity index is 2.08. The summed E-state index contributed by atoms with van der Waals surface area (Å²) >= 11 is 15.7. The van der Waals surface area contributed by atoms with E-state index in [0.717, 1.165) is 15.4 Å². The number of nitrogens with two attached hydrogens (primary N) is 1. The summed E-state index contributed by atoms with van der Waals surface area (Å²) in [6.07, 6.45) is 1.47. The Kier molecular flexibility index (Phi) is 3.89. The molecule has 21 heavy (non-hydrogen) atoms. The first-order valence-corrected chi connectivity index (χ1v) is 7.52. The third-order valence-electron chi connectivity index (χ3n) is 2.95. The van der Waals surface area contributed by atoms with Crippen molar-refractivity contribution in [1.29, 1.82) is 0 Å².